The lowest BCUT2D eigenvalue weighted by molar-refractivity contribution is 0.281. The lowest BCUT2D eigenvalue weighted by Crippen LogP contribution is -1.95. The molecule has 82 valence electrons. The van der Waals surface area contributed by atoms with Gasteiger partial charge in [0, 0.05) is 11.1 Å². The molecule has 0 spiro atoms. The maximum absolute atomic E-state index is 13.0. The molecule has 4 heteroatoms. The largest absolute Gasteiger partial charge is 0.392 e. The normalized spacial score (nSPS) is 10.4. The number of hydrogen-bond acceptors (Lipinski definition) is 2. The molecule has 0 bridgehead atoms. The summed E-state index contributed by atoms with van der Waals surface area (Å²) in [5.41, 5.74) is 1.18. The van der Waals surface area contributed by atoms with Crippen LogP contribution in [0.4, 0.5) is 8.78 Å². The first-order chi connectivity index (χ1) is 7.70. The van der Waals surface area contributed by atoms with E-state index in [0.717, 1.165) is 6.07 Å². The lowest BCUT2D eigenvalue weighted by atomic mass is 10.1. The number of hydrogen-bond donors (Lipinski definition) is 1. The summed E-state index contributed by atoms with van der Waals surface area (Å²) in [4.78, 5) is 3.66. The Kier molecular flexibility index (Phi) is 2.92. The van der Waals surface area contributed by atoms with Crippen LogP contribution in [-0.4, -0.2) is 10.1 Å². The van der Waals surface area contributed by atoms with Crippen LogP contribution in [0.15, 0.2) is 36.4 Å². The fraction of sp³-hybridized carbons (Fsp3) is 0.0833. The van der Waals surface area contributed by atoms with E-state index in [2.05, 4.69) is 4.98 Å². The summed E-state index contributed by atoms with van der Waals surface area (Å²) in [6, 6.07) is 8.27. The Hall–Kier alpha value is -1.81. The first-order valence-electron chi connectivity index (χ1n) is 4.73. The number of benzene rings is 1. The minimum atomic E-state index is -0.656. The van der Waals surface area contributed by atoms with Crippen LogP contribution in [-0.2, 0) is 6.61 Å². The Morgan fingerprint density at radius 3 is 2.62 bits per heavy atom. The van der Waals surface area contributed by atoms with E-state index < -0.39 is 11.8 Å². The summed E-state index contributed by atoms with van der Waals surface area (Å²) in [5, 5.41) is 9.08. The standard InChI is InChI=1S/C12H9F2NO/c13-10-3-1-2-8(6-10)12-9(7-16)4-5-11(14)15-12/h1-6,16H,7H2. The third-order valence-corrected chi connectivity index (χ3v) is 2.21. The van der Waals surface area contributed by atoms with E-state index in [4.69, 9.17) is 5.11 Å². The van der Waals surface area contributed by atoms with Crippen LogP contribution in [0.5, 0.6) is 0 Å². The molecular weight excluding hydrogens is 212 g/mol. The SMILES string of the molecule is OCc1ccc(F)nc1-c1cccc(F)c1. The molecule has 0 saturated carbocycles. The van der Waals surface area contributed by atoms with Gasteiger partial charge < -0.3 is 5.11 Å². The molecule has 0 aliphatic carbocycles. The van der Waals surface area contributed by atoms with Gasteiger partial charge in [0.05, 0.1) is 12.3 Å². The van der Waals surface area contributed by atoms with Gasteiger partial charge in [0.1, 0.15) is 5.82 Å². The Morgan fingerprint density at radius 2 is 1.94 bits per heavy atom. The van der Waals surface area contributed by atoms with Crippen LogP contribution in [0.2, 0.25) is 0 Å². The lowest BCUT2D eigenvalue weighted by Gasteiger charge is -2.06. The molecule has 2 aromatic rings. The third-order valence-electron chi connectivity index (χ3n) is 2.21. The highest BCUT2D eigenvalue weighted by molar-refractivity contribution is 5.62. The number of aromatic nitrogens is 1. The van der Waals surface area contributed by atoms with Crippen molar-refractivity contribution in [2.24, 2.45) is 0 Å². The van der Waals surface area contributed by atoms with Crippen molar-refractivity contribution in [2.45, 2.75) is 6.61 Å². The van der Waals surface area contributed by atoms with Crippen molar-refractivity contribution in [1.82, 2.24) is 4.98 Å². The first kappa shape index (κ1) is 10.7. The van der Waals surface area contributed by atoms with Gasteiger partial charge in [-0.25, -0.2) is 9.37 Å². The molecule has 0 aliphatic rings. The van der Waals surface area contributed by atoms with Crippen LogP contribution >= 0.6 is 0 Å². The summed E-state index contributed by atoms with van der Waals surface area (Å²) >= 11 is 0. The molecular formula is C12H9F2NO. The predicted octanol–water partition coefficient (Wildman–Crippen LogP) is 2.52. The van der Waals surface area contributed by atoms with Crippen molar-refractivity contribution in [1.29, 1.82) is 0 Å². The molecule has 0 fully saturated rings. The van der Waals surface area contributed by atoms with Crippen molar-refractivity contribution in [3.05, 3.63) is 53.7 Å². The Bertz CT molecular complexity index is 514. The molecule has 16 heavy (non-hydrogen) atoms. The van der Waals surface area contributed by atoms with Crippen LogP contribution < -0.4 is 0 Å². The maximum Gasteiger partial charge on any atom is 0.213 e. The molecule has 0 amide bonds. The number of pyridine rings is 1. The Morgan fingerprint density at radius 1 is 1.12 bits per heavy atom. The van der Waals surface area contributed by atoms with Gasteiger partial charge in [0.15, 0.2) is 0 Å². The maximum atomic E-state index is 13.0. The molecule has 1 aromatic carbocycles. The minimum absolute atomic E-state index is 0.265. The average molecular weight is 221 g/mol. The Labute approximate surface area is 91.2 Å². The summed E-state index contributed by atoms with van der Waals surface area (Å²) in [6.45, 7) is -0.265. The zero-order chi connectivity index (χ0) is 11.5. The van der Waals surface area contributed by atoms with Gasteiger partial charge in [0.2, 0.25) is 5.95 Å². The molecule has 0 radical (unpaired) electrons. The molecule has 0 aliphatic heterocycles. The van der Waals surface area contributed by atoms with E-state index in [-0.39, 0.29) is 12.3 Å². The summed E-state index contributed by atoms with van der Waals surface area (Å²) in [7, 11) is 0. The monoisotopic (exact) mass is 221 g/mol. The van der Waals surface area contributed by atoms with Crippen molar-refractivity contribution in [3.63, 3.8) is 0 Å². The van der Waals surface area contributed by atoms with Crippen LogP contribution in [0.3, 0.4) is 0 Å². The van der Waals surface area contributed by atoms with Crippen molar-refractivity contribution < 1.29 is 13.9 Å². The highest BCUT2D eigenvalue weighted by Crippen LogP contribution is 2.22. The summed E-state index contributed by atoms with van der Waals surface area (Å²) in [6.07, 6.45) is 0. The predicted molar refractivity (Wildman–Crippen MR) is 55.5 cm³/mol. The number of rotatable bonds is 2. The van der Waals surface area contributed by atoms with E-state index in [1.807, 2.05) is 0 Å². The van der Waals surface area contributed by atoms with Gasteiger partial charge in [-0.05, 0) is 18.2 Å². The molecule has 1 N–H and O–H groups in total. The highest BCUT2D eigenvalue weighted by Gasteiger charge is 2.08. The van der Waals surface area contributed by atoms with Gasteiger partial charge in [-0.2, -0.15) is 4.39 Å². The fourth-order valence-electron chi connectivity index (χ4n) is 1.48. The van der Waals surface area contributed by atoms with E-state index in [1.54, 1.807) is 6.07 Å². The van der Waals surface area contributed by atoms with E-state index in [0.29, 0.717) is 11.1 Å². The van der Waals surface area contributed by atoms with Crippen molar-refractivity contribution >= 4 is 0 Å². The average Bonchev–Trinajstić information content (AvgIpc) is 2.29. The van der Waals surface area contributed by atoms with E-state index >= 15 is 0 Å². The molecule has 1 aromatic heterocycles. The third kappa shape index (κ3) is 2.06. The molecule has 2 nitrogen and oxygen atoms in total. The zero-order valence-electron chi connectivity index (χ0n) is 8.32. The van der Waals surface area contributed by atoms with Gasteiger partial charge in [-0.15, -0.1) is 0 Å². The number of halogens is 2. The van der Waals surface area contributed by atoms with Crippen LogP contribution in [0.1, 0.15) is 5.56 Å². The smallest absolute Gasteiger partial charge is 0.213 e. The topological polar surface area (TPSA) is 33.1 Å². The van der Waals surface area contributed by atoms with E-state index in [1.165, 1.54) is 24.3 Å². The fourth-order valence-corrected chi connectivity index (χ4v) is 1.48. The first-order valence-corrected chi connectivity index (χ1v) is 4.73. The summed E-state index contributed by atoms with van der Waals surface area (Å²) in [5.74, 6) is -1.08. The molecule has 1 heterocycles. The van der Waals surface area contributed by atoms with Crippen molar-refractivity contribution in [3.8, 4) is 11.3 Å². The second-order valence-corrected chi connectivity index (χ2v) is 3.31. The van der Waals surface area contributed by atoms with Crippen LogP contribution in [0, 0.1) is 11.8 Å². The zero-order valence-corrected chi connectivity index (χ0v) is 8.32. The highest BCUT2D eigenvalue weighted by atomic mass is 19.1. The number of nitrogens with zero attached hydrogens (tertiary/aromatic N) is 1. The van der Waals surface area contributed by atoms with Gasteiger partial charge in [-0.1, -0.05) is 18.2 Å². The van der Waals surface area contributed by atoms with Crippen LogP contribution in [0.25, 0.3) is 11.3 Å². The van der Waals surface area contributed by atoms with Gasteiger partial charge in [-0.3, -0.25) is 0 Å². The molecule has 0 unspecified atom stereocenters. The molecule has 2 rings (SSSR count). The second kappa shape index (κ2) is 4.37. The molecule has 0 atom stereocenters. The number of aliphatic hydroxyl groups is 1. The second-order valence-electron chi connectivity index (χ2n) is 3.31. The van der Waals surface area contributed by atoms with Gasteiger partial charge in [0.25, 0.3) is 0 Å². The summed E-state index contributed by atoms with van der Waals surface area (Å²) < 4.78 is 26.0. The Balaban J connectivity index is 2.58. The molecule has 0 saturated heterocycles. The number of aliphatic hydroxyl groups excluding tert-OH is 1. The van der Waals surface area contributed by atoms with E-state index in [9.17, 15) is 8.78 Å². The minimum Gasteiger partial charge on any atom is -0.392 e. The van der Waals surface area contributed by atoms with Gasteiger partial charge >= 0.3 is 0 Å². The van der Waals surface area contributed by atoms with Crippen molar-refractivity contribution in [2.75, 3.05) is 0 Å². The quantitative estimate of drug-likeness (QED) is 0.790.